The van der Waals surface area contributed by atoms with Crippen molar-refractivity contribution in [1.82, 2.24) is 0 Å². The van der Waals surface area contributed by atoms with E-state index in [-0.39, 0.29) is 57.5 Å². The Morgan fingerprint density at radius 3 is 1.54 bits per heavy atom. The minimum Gasteiger partial charge on any atom is -0.748 e. The van der Waals surface area contributed by atoms with Crippen molar-refractivity contribution in [2.75, 3.05) is 0 Å². The average Bonchev–Trinajstić information content (AvgIpc) is 2.55. The number of aliphatic hydroxyl groups excluding tert-OH is 1. The molecule has 26 heavy (non-hydrogen) atoms. The van der Waals surface area contributed by atoms with E-state index in [4.69, 9.17) is 0 Å². The first-order chi connectivity index (χ1) is 11.9. The van der Waals surface area contributed by atoms with Crippen molar-refractivity contribution in [2.45, 2.75) is 128 Å². The molecule has 0 saturated carbocycles. The fourth-order valence-electron chi connectivity index (χ4n) is 3.27. The van der Waals surface area contributed by atoms with Gasteiger partial charge in [-0.15, -0.1) is 0 Å². The van der Waals surface area contributed by atoms with E-state index in [1.165, 1.54) is 6.42 Å². The zero-order valence-electron chi connectivity index (χ0n) is 17.5. The minimum atomic E-state index is -4.14. The van der Waals surface area contributed by atoms with Gasteiger partial charge < -0.3 is 9.66 Å². The van der Waals surface area contributed by atoms with Crippen LogP contribution in [0.25, 0.3) is 0 Å². The number of rotatable bonds is 18. The molecule has 4 nitrogen and oxygen atoms in total. The summed E-state index contributed by atoms with van der Waals surface area (Å²) in [7, 11) is -4.14. The van der Waals surface area contributed by atoms with Crippen LogP contribution in [0.15, 0.2) is 0 Å². The van der Waals surface area contributed by atoms with Crippen LogP contribution in [0.1, 0.15) is 117 Å². The molecule has 2 unspecified atom stereocenters. The van der Waals surface area contributed by atoms with Gasteiger partial charge in [0.1, 0.15) is 0 Å². The monoisotopic (exact) mass is 416 g/mol. The van der Waals surface area contributed by atoms with E-state index >= 15 is 0 Å². The summed E-state index contributed by atoms with van der Waals surface area (Å²) in [5.74, 6) is 0. The summed E-state index contributed by atoms with van der Waals surface area (Å²) in [5, 5.41) is 9.10. The molecule has 0 fully saturated rings. The first-order valence-electron chi connectivity index (χ1n) is 10.5. The predicted molar refractivity (Wildman–Crippen MR) is 105 cm³/mol. The maximum Gasteiger partial charge on any atom is 1.00 e. The Hall–Kier alpha value is 1.51. The molecule has 0 aliphatic rings. The third-order valence-corrected chi connectivity index (χ3v) is 6.28. The number of aliphatic hydroxyl groups is 1. The molecule has 0 aliphatic carbocycles. The Bertz CT molecular complexity index is 387. The van der Waals surface area contributed by atoms with Gasteiger partial charge in [-0.2, -0.15) is 0 Å². The molecule has 0 spiro atoms. The van der Waals surface area contributed by atoms with E-state index in [1.807, 2.05) is 0 Å². The maximum absolute atomic E-state index is 11.3. The van der Waals surface area contributed by atoms with Crippen LogP contribution < -0.4 is 51.4 Å². The van der Waals surface area contributed by atoms with Crippen molar-refractivity contribution in [1.29, 1.82) is 0 Å². The van der Waals surface area contributed by atoms with Gasteiger partial charge in [0.05, 0.1) is 16.2 Å². The fourth-order valence-corrected chi connectivity index (χ4v) is 4.19. The summed E-state index contributed by atoms with van der Waals surface area (Å²) < 4.78 is 33.9. The van der Waals surface area contributed by atoms with Gasteiger partial charge in [-0.3, -0.25) is 0 Å². The Morgan fingerprint density at radius 1 is 0.692 bits per heavy atom. The molecule has 0 amide bonds. The molecule has 2 atom stereocenters. The van der Waals surface area contributed by atoms with Crippen molar-refractivity contribution in [3.63, 3.8) is 0 Å². The van der Waals surface area contributed by atoms with Gasteiger partial charge in [-0.25, -0.2) is 8.42 Å². The second kappa shape index (κ2) is 19.8. The molecule has 6 heteroatoms. The van der Waals surface area contributed by atoms with E-state index in [0.717, 1.165) is 83.5 Å². The summed E-state index contributed by atoms with van der Waals surface area (Å²) >= 11 is 0. The predicted octanol–water partition coefficient (Wildman–Crippen LogP) is 2.55. The van der Waals surface area contributed by atoms with Gasteiger partial charge in [-0.1, -0.05) is 90.9 Å². The molecule has 0 saturated heterocycles. The van der Waals surface area contributed by atoms with Gasteiger partial charge >= 0.3 is 51.4 Å². The summed E-state index contributed by atoms with van der Waals surface area (Å²) in [6, 6.07) is 0. The molecule has 0 bridgehead atoms. The third kappa shape index (κ3) is 18.9. The molecule has 0 aliphatic heterocycles. The Kier molecular flexibility index (Phi) is 22.6. The van der Waals surface area contributed by atoms with E-state index in [0.29, 0.717) is 12.8 Å². The van der Waals surface area contributed by atoms with Crippen molar-refractivity contribution in [3.05, 3.63) is 0 Å². The molecule has 0 radical (unpaired) electrons. The molecule has 0 aromatic heterocycles. The Morgan fingerprint density at radius 2 is 1.08 bits per heavy atom. The standard InChI is InChI=1S/C20H42O4S.K/c1-3-5-12-17-20(25(22,23)24)18-14-11-9-7-8-10-13-16-19(21)15-6-4-2;/h19-21H,3-18H2,1-2H3,(H,22,23,24);/q;+1/p-1. The van der Waals surface area contributed by atoms with E-state index in [2.05, 4.69) is 13.8 Å². The van der Waals surface area contributed by atoms with Crippen LogP contribution in [0.5, 0.6) is 0 Å². The van der Waals surface area contributed by atoms with Gasteiger partial charge in [0, 0.05) is 5.25 Å². The first kappa shape index (κ1) is 29.7. The molecule has 152 valence electrons. The largest absolute Gasteiger partial charge is 1.00 e. The molecule has 0 aromatic carbocycles. The number of hydrogen-bond donors (Lipinski definition) is 1. The maximum atomic E-state index is 11.3. The molecular weight excluding hydrogens is 375 g/mol. The first-order valence-corrected chi connectivity index (χ1v) is 12.0. The van der Waals surface area contributed by atoms with Gasteiger partial charge in [-0.05, 0) is 25.7 Å². The minimum absolute atomic E-state index is 0. The topological polar surface area (TPSA) is 77.4 Å². The SMILES string of the molecule is CCCCCC(CCCCCCCCCC(O)CCCC)S(=O)(=O)[O-].[K+]. The summed E-state index contributed by atoms with van der Waals surface area (Å²) in [4.78, 5) is 0. The number of unbranched alkanes of at least 4 members (excludes halogenated alkanes) is 9. The van der Waals surface area contributed by atoms with Crippen molar-refractivity contribution in [3.8, 4) is 0 Å². The smallest absolute Gasteiger partial charge is 0.748 e. The van der Waals surface area contributed by atoms with Crippen molar-refractivity contribution >= 4 is 10.1 Å². The van der Waals surface area contributed by atoms with Crippen LogP contribution in [0.3, 0.4) is 0 Å². The van der Waals surface area contributed by atoms with Crippen LogP contribution in [-0.2, 0) is 10.1 Å². The van der Waals surface area contributed by atoms with E-state index in [1.54, 1.807) is 0 Å². The Balaban J connectivity index is 0. The fraction of sp³-hybridized carbons (Fsp3) is 1.00. The van der Waals surface area contributed by atoms with Gasteiger partial charge in [0.25, 0.3) is 0 Å². The zero-order chi connectivity index (χ0) is 19.0. The van der Waals surface area contributed by atoms with Gasteiger partial charge in [0.2, 0.25) is 0 Å². The number of hydrogen-bond acceptors (Lipinski definition) is 4. The Labute approximate surface area is 205 Å². The van der Waals surface area contributed by atoms with Crippen LogP contribution in [0, 0.1) is 0 Å². The second-order valence-electron chi connectivity index (χ2n) is 7.46. The van der Waals surface area contributed by atoms with Crippen molar-refractivity contribution < 1.29 is 69.5 Å². The van der Waals surface area contributed by atoms with Crippen molar-refractivity contribution in [2.24, 2.45) is 0 Å². The van der Waals surface area contributed by atoms with Crippen LogP contribution in [0.2, 0.25) is 0 Å². The normalized spacial score (nSPS) is 14.0. The molecule has 1 N–H and O–H groups in total. The molecular formula is C20H41KO4S. The van der Waals surface area contributed by atoms with Crippen LogP contribution in [0.4, 0.5) is 0 Å². The zero-order valence-corrected chi connectivity index (χ0v) is 21.5. The second-order valence-corrected chi connectivity index (χ2v) is 9.11. The van der Waals surface area contributed by atoms with Crippen LogP contribution in [-0.4, -0.2) is 29.4 Å². The van der Waals surface area contributed by atoms with Gasteiger partial charge in [0.15, 0.2) is 0 Å². The quantitative estimate of drug-likeness (QED) is 0.212. The summed E-state index contributed by atoms with van der Waals surface area (Å²) in [5.41, 5.74) is 0. The molecule has 0 aromatic rings. The molecule has 0 rings (SSSR count). The molecule has 0 heterocycles. The van der Waals surface area contributed by atoms with E-state index < -0.39 is 15.4 Å². The summed E-state index contributed by atoms with van der Waals surface area (Å²) in [6.07, 6.45) is 15.5. The third-order valence-electron chi connectivity index (χ3n) is 4.99. The average molecular weight is 417 g/mol. The summed E-state index contributed by atoms with van der Waals surface area (Å²) in [6.45, 7) is 4.22. The van der Waals surface area contributed by atoms with E-state index in [9.17, 15) is 18.1 Å². The van der Waals surface area contributed by atoms with Crippen LogP contribution >= 0.6 is 0 Å².